The summed E-state index contributed by atoms with van der Waals surface area (Å²) in [7, 11) is -2.67. The SMILES string of the molecule is CCCCNC(=O)[C@@H](C)N(Cc1ccc(OC)cc1)C(=O)CN(c1ccc(Cl)cc1Cl)S(=O)(=O)c1ccccc1. The molecule has 0 radical (unpaired) electrons. The molecule has 3 aromatic carbocycles. The van der Waals surface area contributed by atoms with E-state index in [1.165, 1.54) is 35.2 Å². The van der Waals surface area contributed by atoms with E-state index < -0.39 is 28.5 Å². The van der Waals surface area contributed by atoms with E-state index in [2.05, 4.69) is 5.32 Å². The van der Waals surface area contributed by atoms with E-state index in [1.54, 1.807) is 56.5 Å². The minimum absolute atomic E-state index is 0.0131. The number of sulfonamides is 1. The fourth-order valence-electron chi connectivity index (χ4n) is 3.96. The van der Waals surface area contributed by atoms with Gasteiger partial charge in [0.25, 0.3) is 10.0 Å². The summed E-state index contributed by atoms with van der Waals surface area (Å²) < 4.78 is 33.8. The second kappa shape index (κ2) is 14.4. The Hall–Kier alpha value is -3.27. The van der Waals surface area contributed by atoms with Gasteiger partial charge >= 0.3 is 0 Å². The molecule has 0 saturated carbocycles. The van der Waals surface area contributed by atoms with Gasteiger partial charge in [-0.15, -0.1) is 0 Å². The van der Waals surface area contributed by atoms with Crippen molar-refractivity contribution >= 4 is 50.7 Å². The lowest BCUT2D eigenvalue weighted by molar-refractivity contribution is -0.139. The largest absolute Gasteiger partial charge is 0.497 e. The molecule has 1 N–H and O–H groups in total. The predicted octanol–water partition coefficient (Wildman–Crippen LogP) is 5.53. The first-order valence-electron chi connectivity index (χ1n) is 12.8. The Balaban J connectivity index is 2.01. The van der Waals surface area contributed by atoms with Crippen molar-refractivity contribution in [3.63, 3.8) is 0 Å². The average molecular weight is 607 g/mol. The fraction of sp³-hybridized carbons (Fsp3) is 0.310. The van der Waals surface area contributed by atoms with Crippen LogP contribution in [0.3, 0.4) is 0 Å². The first-order chi connectivity index (χ1) is 19.1. The Morgan fingerprint density at radius 1 is 1.00 bits per heavy atom. The number of nitrogens with one attached hydrogen (secondary N) is 1. The van der Waals surface area contributed by atoms with Crippen LogP contribution < -0.4 is 14.4 Å². The number of benzene rings is 3. The van der Waals surface area contributed by atoms with E-state index in [9.17, 15) is 18.0 Å². The minimum atomic E-state index is -4.22. The maximum absolute atomic E-state index is 13.9. The molecule has 0 unspecified atom stereocenters. The van der Waals surface area contributed by atoms with Crippen LogP contribution in [0.2, 0.25) is 10.0 Å². The summed E-state index contributed by atoms with van der Waals surface area (Å²) in [5.74, 6) is -0.277. The van der Waals surface area contributed by atoms with Crippen LogP contribution in [0.5, 0.6) is 5.75 Å². The van der Waals surface area contributed by atoms with Crippen LogP contribution in [-0.2, 0) is 26.2 Å². The van der Waals surface area contributed by atoms with Gasteiger partial charge in [0.2, 0.25) is 11.8 Å². The van der Waals surface area contributed by atoms with Gasteiger partial charge in [0, 0.05) is 18.1 Å². The Bertz CT molecular complexity index is 1400. The van der Waals surface area contributed by atoms with Crippen molar-refractivity contribution in [3.05, 3.63) is 88.4 Å². The average Bonchev–Trinajstić information content (AvgIpc) is 2.95. The summed E-state index contributed by atoms with van der Waals surface area (Å²) in [6.45, 7) is 3.58. The third-order valence-electron chi connectivity index (χ3n) is 6.30. The van der Waals surface area contributed by atoms with Crippen LogP contribution in [-0.4, -0.2) is 51.4 Å². The Morgan fingerprint density at radius 2 is 1.68 bits per heavy atom. The molecule has 40 heavy (non-hydrogen) atoms. The summed E-state index contributed by atoms with van der Waals surface area (Å²) in [6.07, 6.45) is 1.69. The molecule has 0 aliphatic rings. The van der Waals surface area contributed by atoms with E-state index in [-0.39, 0.29) is 28.1 Å². The van der Waals surface area contributed by atoms with E-state index >= 15 is 0 Å². The highest BCUT2D eigenvalue weighted by Gasteiger charge is 2.33. The molecule has 11 heteroatoms. The van der Waals surface area contributed by atoms with Crippen LogP contribution in [0.4, 0.5) is 5.69 Å². The Labute approximate surface area is 245 Å². The predicted molar refractivity (Wildman–Crippen MR) is 158 cm³/mol. The van der Waals surface area contributed by atoms with Crippen molar-refractivity contribution in [2.24, 2.45) is 0 Å². The van der Waals surface area contributed by atoms with Gasteiger partial charge in [-0.05, 0) is 61.4 Å². The number of hydrogen-bond acceptors (Lipinski definition) is 5. The van der Waals surface area contributed by atoms with Crippen molar-refractivity contribution in [2.45, 2.75) is 44.2 Å². The highest BCUT2D eigenvalue weighted by atomic mass is 35.5. The van der Waals surface area contributed by atoms with Crippen molar-refractivity contribution in [2.75, 3.05) is 24.5 Å². The Kier molecular flexibility index (Phi) is 11.2. The number of anilines is 1. The van der Waals surface area contributed by atoms with Crippen molar-refractivity contribution in [1.82, 2.24) is 10.2 Å². The van der Waals surface area contributed by atoms with Gasteiger partial charge in [-0.2, -0.15) is 0 Å². The molecule has 0 saturated heterocycles. The number of halogens is 2. The first-order valence-corrected chi connectivity index (χ1v) is 15.0. The molecule has 8 nitrogen and oxygen atoms in total. The molecule has 214 valence electrons. The van der Waals surface area contributed by atoms with Crippen LogP contribution in [0.1, 0.15) is 32.3 Å². The fourth-order valence-corrected chi connectivity index (χ4v) is 5.98. The number of carbonyl (C=O) groups is 2. The van der Waals surface area contributed by atoms with Crippen molar-refractivity contribution in [3.8, 4) is 5.75 Å². The maximum Gasteiger partial charge on any atom is 0.264 e. The lowest BCUT2D eigenvalue weighted by Crippen LogP contribution is -2.51. The molecule has 0 aromatic heterocycles. The number of rotatable bonds is 13. The van der Waals surface area contributed by atoms with Gasteiger partial charge in [-0.25, -0.2) is 8.42 Å². The summed E-state index contributed by atoms with van der Waals surface area (Å²) in [5, 5.41) is 3.24. The van der Waals surface area contributed by atoms with Gasteiger partial charge in [0.15, 0.2) is 0 Å². The number of nitrogens with zero attached hydrogens (tertiary/aromatic N) is 2. The van der Waals surface area contributed by atoms with Crippen LogP contribution in [0, 0.1) is 0 Å². The monoisotopic (exact) mass is 605 g/mol. The summed E-state index contributed by atoms with van der Waals surface area (Å²) in [6, 6.07) is 18.3. The standard InChI is InChI=1S/C29H33Cl2N3O5S/c1-4-5-17-32-29(36)21(2)33(19-22-11-14-24(39-3)15-12-22)28(35)20-34(27-16-13-23(30)18-26(27)31)40(37,38)25-9-7-6-8-10-25/h6-16,18,21H,4-5,17,19-20H2,1-3H3,(H,32,36)/t21-/m1/s1. The molecule has 3 rings (SSSR count). The van der Waals surface area contributed by atoms with Crippen LogP contribution in [0.25, 0.3) is 0 Å². The number of carbonyl (C=O) groups excluding carboxylic acids is 2. The zero-order valence-electron chi connectivity index (χ0n) is 22.6. The molecule has 0 heterocycles. The second-order valence-electron chi connectivity index (χ2n) is 9.11. The summed E-state index contributed by atoms with van der Waals surface area (Å²) in [5.41, 5.74) is 0.831. The number of unbranched alkanes of at least 4 members (excludes halogenated alkanes) is 1. The third-order valence-corrected chi connectivity index (χ3v) is 8.61. The minimum Gasteiger partial charge on any atom is -0.497 e. The first kappa shape index (κ1) is 31.3. The zero-order chi connectivity index (χ0) is 29.3. The number of hydrogen-bond donors (Lipinski definition) is 1. The van der Waals surface area contributed by atoms with Gasteiger partial charge in [0.05, 0.1) is 22.7 Å². The normalized spacial score (nSPS) is 11.9. The van der Waals surface area contributed by atoms with Gasteiger partial charge < -0.3 is 15.0 Å². The topological polar surface area (TPSA) is 96.0 Å². The third kappa shape index (κ3) is 7.90. The molecule has 2 amide bonds. The summed E-state index contributed by atoms with van der Waals surface area (Å²) >= 11 is 12.5. The van der Waals surface area contributed by atoms with Crippen molar-refractivity contribution in [1.29, 1.82) is 0 Å². The molecule has 0 fully saturated rings. The van der Waals surface area contributed by atoms with E-state index in [0.29, 0.717) is 17.3 Å². The zero-order valence-corrected chi connectivity index (χ0v) is 25.0. The van der Waals surface area contributed by atoms with E-state index in [4.69, 9.17) is 27.9 Å². The molecular formula is C29H33Cl2N3O5S. The molecule has 0 bridgehead atoms. The quantitative estimate of drug-likeness (QED) is 0.258. The van der Waals surface area contributed by atoms with E-state index in [1.807, 2.05) is 6.92 Å². The van der Waals surface area contributed by atoms with Gasteiger partial charge in [-0.3, -0.25) is 13.9 Å². The van der Waals surface area contributed by atoms with Crippen LogP contribution >= 0.6 is 23.2 Å². The summed E-state index contributed by atoms with van der Waals surface area (Å²) in [4.78, 5) is 28.3. The number of ether oxygens (including phenoxy) is 1. The lowest BCUT2D eigenvalue weighted by atomic mass is 10.1. The molecule has 0 aliphatic heterocycles. The van der Waals surface area contributed by atoms with Crippen LogP contribution in [0.15, 0.2) is 77.7 Å². The maximum atomic E-state index is 13.9. The smallest absolute Gasteiger partial charge is 0.264 e. The molecule has 1 atom stereocenters. The van der Waals surface area contributed by atoms with E-state index in [0.717, 1.165) is 22.7 Å². The Morgan fingerprint density at radius 3 is 2.27 bits per heavy atom. The molecular weight excluding hydrogens is 573 g/mol. The van der Waals surface area contributed by atoms with Gasteiger partial charge in [0.1, 0.15) is 18.3 Å². The second-order valence-corrected chi connectivity index (χ2v) is 11.8. The molecule has 3 aromatic rings. The molecule has 0 spiro atoms. The highest BCUT2D eigenvalue weighted by Crippen LogP contribution is 2.33. The number of methoxy groups -OCH3 is 1. The van der Waals surface area contributed by atoms with Gasteiger partial charge in [-0.1, -0.05) is 66.9 Å². The van der Waals surface area contributed by atoms with Crippen molar-refractivity contribution < 1.29 is 22.7 Å². The lowest BCUT2D eigenvalue weighted by Gasteiger charge is -2.32. The molecule has 0 aliphatic carbocycles. The highest BCUT2D eigenvalue weighted by molar-refractivity contribution is 7.92. The number of amides is 2.